The van der Waals surface area contributed by atoms with Crippen molar-refractivity contribution in [1.82, 2.24) is 4.98 Å². The van der Waals surface area contributed by atoms with Gasteiger partial charge in [0, 0.05) is 11.8 Å². The van der Waals surface area contributed by atoms with Gasteiger partial charge in [0.15, 0.2) is 0 Å². The van der Waals surface area contributed by atoms with Crippen LogP contribution in [-0.4, -0.2) is 4.98 Å². The predicted octanol–water partition coefficient (Wildman–Crippen LogP) is 4.29. The Kier molecular flexibility index (Phi) is 3.26. The largest absolute Gasteiger partial charge is 0.256 e. The molecule has 0 aliphatic heterocycles. The minimum Gasteiger partial charge on any atom is -0.256 e. The van der Waals surface area contributed by atoms with Gasteiger partial charge in [-0.1, -0.05) is 42.5 Å². The fraction of sp³-hybridized carbons (Fsp3) is 0. The summed E-state index contributed by atoms with van der Waals surface area (Å²) in [6.45, 7) is 0. The molecule has 94 valence electrons. The molecule has 0 bridgehead atoms. The van der Waals surface area contributed by atoms with Gasteiger partial charge in [0.2, 0.25) is 0 Å². The number of aromatic nitrogens is 1. The Morgan fingerprint density at radius 3 is 2.25 bits per heavy atom. The van der Waals surface area contributed by atoms with E-state index in [1.165, 1.54) is 0 Å². The second kappa shape index (κ2) is 5.38. The van der Waals surface area contributed by atoms with Crippen LogP contribution in [0.2, 0.25) is 0 Å². The molecule has 0 aliphatic rings. The average molecular weight is 256 g/mol. The quantitative estimate of drug-likeness (QED) is 0.686. The van der Waals surface area contributed by atoms with E-state index in [1.54, 1.807) is 6.20 Å². The fourth-order valence-electron chi connectivity index (χ4n) is 2.14. The molecule has 1 heterocycles. The highest BCUT2D eigenvalue weighted by Crippen LogP contribution is 2.24. The van der Waals surface area contributed by atoms with E-state index in [4.69, 9.17) is 5.26 Å². The molecular weight excluding hydrogens is 244 g/mol. The Bertz CT molecular complexity index is 753. The van der Waals surface area contributed by atoms with E-state index in [-0.39, 0.29) is 0 Å². The number of hydrogen-bond donors (Lipinski definition) is 0. The molecule has 0 amide bonds. The number of rotatable bonds is 2. The van der Waals surface area contributed by atoms with Gasteiger partial charge in [0.1, 0.15) is 0 Å². The number of benzene rings is 2. The number of hydrogen-bond acceptors (Lipinski definition) is 2. The maximum Gasteiger partial charge on any atom is 0.0991 e. The Hall–Kier alpha value is -2.92. The highest BCUT2D eigenvalue weighted by Gasteiger charge is 2.01. The molecular formula is C18H12N2. The first-order valence-corrected chi connectivity index (χ1v) is 6.39. The van der Waals surface area contributed by atoms with Gasteiger partial charge >= 0.3 is 0 Å². The molecule has 3 aromatic rings. The molecule has 0 fully saturated rings. The third-order valence-electron chi connectivity index (χ3n) is 3.17. The number of nitriles is 1. The Morgan fingerprint density at radius 1 is 0.750 bits per heavy atom. The van der Waals surface area contributed by atoms with Crippen LogP contribution < -0.4 is 0 Å². The van der Waals surface area contributed by atoms with E-state index in [1.807, 2.05) is 42.5 Å². The van der Waals surface area contributed by atoms with Crippen molar-refractivity contribution in [1.29, 1.82) is 5.26 Å². The summed E-state index contributed by atoms with van der Waals surface area (Å²) in [4.78, 5) is 4.34. The fourth-order valence-corrected chi connectivity index (χ4v) is 2.14. The van der Waals surface area contributed by atoms with Crippen LogP contribution in [0, 0.1) is 11.3 Å². The number of pyridine rings is 1. The summed E-state index contributed by atoms with van der Waals surface area (Å²) in [5.41, 5.74) is 4.88. The van der Waals surface area contributed by atoms with Gasteiger partial charge in [-0.25, -0.2) is 0 Å². The van der Waals surface area contributed by atoms with Crippen molar-refractivity contribution in [3.8, 4) is 28.5 Å². The summed E-state index contributed by atoms with van der Waals surface area (Å²) < 4.78 is 0. The van der Waals surface area contributed by atoms with Crippen molar-refractivity contribution < 1.29 is 0 Å². The molecule has 0 atom stereocenters. The molecule has 3 rings (SSSR count). The average Bonchev–Trinajstić information content (AvgIpc) is 2.56. The van der Waals surface area contributed by atoms with E-state index in [2.05, 4.69) is 35.3 Å². The SMILES string of the molecule is N#Cc1cccc(-c2ccc(-c3ccccn3)cc2)c1. The van der Waals surface area contributed by atoms with Gasteiger partial charge in [-0.3, -0.25) is 4.98 Å². The van der Waals surface area contributed by atoms with E-state index in [9.17, 15) is 0 Å². The van der Waals surface area contributed by atoms with Gasteiger partial charge in [0.25, 0.3) is 0 Å². The molecule has 0 spiro atoms. The van der Waals surface area contributed by atoms with Crippen LogP contribution in [-0.2, 0) is 0 Å². The highest BCUT2D eigenvalue weighted by atomic mass is 14.7. The van der Waals surface area contributed by atoms with Gasteiger partial charge < -0.3 is 0 Å². The first-order chi connectivity index (χ1) is 9.86. The van der Waals surface area contributed by atoms with Crippen molar-refractivity contribution in [3.63, 3.8) is 0 Å². The van der Waals surface area contributed by atoms with Crippen molar-refractivity contribution >= 4 is 0 Å². The zero-order valence-electron chi connectivity index (χ0n) is 10.8. The standard InChI is InChI=1S/C18H12N2/c19-13-14-4-3-5-17(12-14)15-7-9-16(10-8-15)18-6-1-2-11-20-18/h1-12H. The summed E-state index contributed by atoms with van der Waals surface area (Å²) in [6, 6.07) is 23.9. The first kappa shape index (κ1) is 12.1. The Balaban J connectivity index is 1.96. The highest BCUT2D eigenvalue weighted by molar-refractivity contribution is 5.69. The molecule has 0 unspecified atom stereocenters. The zero-order valence-corrected chi connectivity index (χ0v) is 10.8. The molecule has 2 aromatic carbocycles. The second-order valence-corrected chi connectivity index (χ2v) is 4.48. The minimum absolute atomic E-state index is 0.677. The van der Waals surface area contributed by atoms with Crippen molar-refractivity contribution in [2.75, 3.05) is 0 Å². The summed E-state index contributed by atoms with van der Waals surface area (Å²) in [7, 11) is 0. The van der Waals surface area contributed by atoms with Gasteiger partial charge in [-0.05, 0) is 35.4 Å². The zero-order chi connectivity index (χ0) is 13.8. The third-order valence-corrected chi connectivity index (χ3v) is 3.17. The molecule has 0 radical (unpaired) electrons. The number of nitrogens with zero attached hydrogens (tertiary/aromatic N) is 2. The lowest BCUT2D eigenvalue weighted by molar-refractivity contribution is 1.33. The van der Waals surface area contributed by atoms with Crippen LogP contribution in [0.4, 0.5) is 0 Å². The lowest BCUT2D eigenvalue weighted by Gasteiger charge is -2.04. The molecule has 0 saturated carbocycles. The summed E-state index contributed by atoms with van der Waals surface area (Å²) in [5.74, 6) is 0. The van der Waals surface area contributed by atoms with E-state index < -0.39 is 0 Å². The van der Waals surface area contributed by atoms with Crippen LogP contribution >= 0.6 is 0 Å². The summed E-state index contributed by atoms with van der Waals surface area (Å²) >= 11 is 0. The molecule has 2 heteroatoms. The van der Waals surface area contributed by atoms with Crippen LogP contribution in [0.15, 0.2) is 72.9 Å². The second-order valence-electron chi connectivity index (χ2n) is 4.48. The van der Waals surface area contributed by atoms with Crippen molar-refractivity contribution in [2.24, 2.45) is 0 Å². The van der Waals surface area contributed by atoms with Crippen LogP contribution in [0.25, 0.3) is 22.4 Å². The molecule has 20 heavy (non-hydrogen) atoms. The lowest BCUT2D eigenvalue weighted by atomic mass is 10.0. The van der Waals surface area contributed by atoms with E-state index in [0.717, 1.165) is 22.4 Å². The van der Waals surface area contributed by atoms with E-state index in [0.29, 0.717) is 5.56 Å². The summed E-state index contributed by atoms with van der Waals surface area (Å²) in [5, 5.41) is 8.94. The molecule has 0 saturated heterocycles. The minimum atomic E-state index is 0.677. The van der Waals surface area contributed by atoms with Gasteiger partial charge in [-0.15, -0.1) is 0 Å². The first-order valence-electron chi connectivity index (χ1n) is 6.39. The predicted molar refractivity (Wildman–Crippen MR) is 79.8 cm³/mol. The Labute approximate surface area is 118 Å². The van der Waals surface area contributed by atoms with Crippen molar-refractivity contribution in [2.45, 2.75) is 0 Å². The third kappa shape index (κ3) is 2.43. The van der Waals surface area contributed by atoms with Crippen LogP contribution in [0.1, 0.15) is 5.56 Å². The molecule has 2 nitrogen and oxygen atoms in total. The van der Waals surface area contributed by atoms with Gasteiger partial charge in [-0.2, -0.15) is 5.26 Å². The summed E-state index contributed by atoms with van der Waals surface area (Å²) in [6.07, 6.45) is 1.79. The van der Waals surface area contributed by atoms with Crippen LogP contribution in [0.3, 0.4) is 0 Å². The van der Waals surface area contributed by atoms with Crippen molar-refractivity contribution in [3.05, 3.63) is 78.5 Å². The topological polar surface area (TPSA) is 36.7 Å². The molecule has 0 N–H and O–H groups in total. The maximum atomic E-state index is 8.94. The molecule has 1 aromatic heterocycles. The van der Waals surface area contributed by atoms with E-state index >= 15 is 0 Å². The smallest absolute Gasteiger partial charge is 0.0991 e. The van der Waals surface area contributed by atoms with Gasteiger partial charge in [0.05, 0.1) is 17.3 Å². The lowest BCUT2D eigenvalue weighted by Crippen LogP contribution is -1.83. The maximum absolute atomic E-state index is 8.94. The molecule has 0 aliphatic carbocycles. The Morgan fingerprint density at radius 2 is 1.55 bits per heavy atom. The monoisotopic (exact) mass is 256 g/mol. The van der Waals surface area contributed by atoms with Crippen LogP contribution in [0.5, 0.6) is 0 Å². The normalized spacial score (nSPS) is 9.95.